The second-order valence-corrected chi connectivity index (χ2v) is 5.79. The normalized spacial score (nSPS) is 11.7. The predicted octanol–water partition coefficient (Wildman–Crippen LogP) is 4.27. The Morgan fingerprint density at radius 2 is 2.10 bits per heavy atom. The number of anilines is 1. The van der Waals surface area contributed by atoms with Crippen molar-refractivity contribution < 1.29 is 9.26 Å². The van der Waals surface area contributed by atoms with E-state index >= 15 is 0 Å². The molecule has 0 aliphatic carbocycles. The van der Waals surface area contributed by atoms with Gasteiger partial charge in [0.25, 0.3) is 0 Å². The van der Waals surface area contributed by atoms with E-state index in [0.717, 1.165) is 23.3 Å². The van der Waals surface area contributed by atoms with Crippen LogP contribution in [0.15, 0.2) is 22.7 Å². The Balaban J connectivity index is 2.70. The summed E-state index contributed by atoms with van der Waals surface area (Å²) in [5, 5.41) is 4.53. The average molecular weight is 295 g/mol. The monoisotopic (exact) mass is 294 g/mol. The Labute approximate surface area is 123 Å². The van der Waals surface area contributed by atoms with E-state index in [4.69, 9.17) is 26.6 Å². The standard InChI is InChI=1S/C15H19ClN2O2/c1-5-15(2,3)13-12(14(17)18-20-13)10-8-9(16)6-7-11(10)19-4/h6-8H,5H2,1-4H3,(H2,17,18). The van der Waals surface area contributed by atoms with Crippen molar-refractivity contribution in [1.82, 2.24) is 5.16 Å². The van der Waals surface area contributed by atoms with E-state index in [9.17, 15) is 0 Å². The van der Waals surface area contributed by atoms with Gasteiger partial charge in [-0.05, 0) is 24.6 Å². The van der Waals surface area contributed by atoms with Crippen molar-refractivity contribution in [3.05, 3.63) is 29.0 Å². The van der Waals surface area contributed by atoms with Crippen molar-refractivity contribution in [2.24, 2.45) is 0 Å². The first kappa shape index (κ1) is 14.7. The van der Waals surface area contributed by atoms with Crippen LogP contribution < -0.4 is 10.5 Å². The molecule has 1 aromatic heterocycles. The van der Waals surface area contributed by atoms with Gasteiger partial charge >= 0.3 is 0 Å². The molecule has 1 aromatic carbocycles. The fourth-order valence-corrected chi connectivity index (χ4v) is 2.23. The lowest BCUT2D eigenvalue weighted by Crippen LogP contribution is -2.15. The highest BCUT2D eigenvalue weighted by molar-refractivity contribution is 6.31. The summed E-state index contributed by atoms with van der Waals surface area (Å²) < 4.78 is 10.9. The van der Waals surface area contributed by atoms with Crippen molar-refractivity contribution in [1.29, 1.82) is 0 Å². The molecule has 0 amide bonds. The summed E-state index contributed by atoms with van der Waals surface area (Å²) in [5.41, 5.74) is 7.38. The molecule has 0 aliphatic heterocycles. The lowest BCUT2D eigenvalue weighted by molar-refractivity contribution is 0.313. The van der Waals surface area contributed by atoms with Crippen LogP contribution in [0.5, 0.6) is 5.75 Å². The van der Waals surface area contributed by atoms with Gasteiger partial charge in [-0.15, -0.1) is 0 Å². The molecule has 4 nitrogen and oxygen atoms in total. The number of ether oxygens (including phenoxy) is 1. The van der Waals surface area contributed by atoms with E-state index in [1.165, 1.54) is 0 Å². The Hall–Kier alpha value is -1.68. The van der Waals surface area contributed by atoms with Gasteiger partial charge in [0.05, 0.1) is 12.7 Å². The maximum Gasteiger partial charge on any atom is 0.175 e. The minimum atomic E-state index is -0.173. The molecule has 108 valence electrons. The molecule has 0 unspecified atom stereocenters. The van der Waals surface area contributed by atoms with Gasteiger partial charge in [0.15, 0.2) is 11.6 Å². The minimum absolute atomic E-state index is 0.173. The Bertz CT molecular complexity index is 620. The van der Waals surface area contributed by atoms with Crippen LogP contribution in [-0.2, 0) is 5.41 Å². The molecule has 0 aliphatic rings. The SMILES string of the molecule is CCC(C)(C)c1onc(N)c1-c1cc(Cl)ccc1OC. The summed E-state index contributed by atoms with van der Waals surface area (Å²) in [6.45, 7) is 6.28. The molecule has 0 saturated carbocycles. The van der Waals surface area contributed by atoms with E-state index in [-0.39, 0.29) is 5.41 Å². The number of rotatable bonds is 4. The summed E-state index contributed by atoms with van der Waals surface area (Å²) in [6.07, 6.45) is 0.900. The van der Waals surface area contributed by atoms with E-state index in [1.807, 2.05) is 12.1 Å². The highest BCUT2D eigenvalue weighted by Crippen LogP contribution is 2.43. The van der Waals surface area contributed by atoms with Gasteiger partial charge in [0.2, 0.25) is 0 Å². The number of hydrogen-bond acceptors (Lipinski definition) is 4. The van der Waals surface area contributed by atoms with Crippen LogP contribution in [0.1, 0.15) is 33.0 Å². The number of aromatic nitrogens is 1. The summed E-state index contributed by atoms with van der Waals surface area (Å²) in [7, 11) is 1.61. The van der Waals surface area contributed by atoms with Gasteiger partial charge in [-0.3, -0.25) is 0 Å². The zero-order chi connectivity index (χ0) is 14.9. The van der Waals surface area contributed by atoms with Gasteiger partial charge in [-0.25, -0.2) is 0 Å². The first-order valence-corrected chi connectivity index (χ1v) is 6.88. The quantitative estimate of drug-likeness (QED) is 0.914. The smallest absolute Gasteiger partial charge is 0.175 e. The number of nitrogens with two attached hydrogens (primary N) is 1. The molecule has 0 atom stereocenters. The molecule has 0 saturated heterocycles. The number of methoxy groups -OCH3 is 1. The fourth-order valence-electron chi connectivity index (χ4n) is 2.06. The van der Waals surface area contributed by atoms with Crippen LogP contribution in [0.3, 0.4) is 0 Å². The average Bonchev–Trinajstić information content (AvgIpc) is 2.81. The first-order valence-electron chi connectivity index (χ1n) is 6.50. The van der Waals surface area contributed by atoms with Crippen molar-refractivity contribution in [3.8, 4) is 16.9 Å². The van der Waals surface area contributed by atoms with Crippen molar-refractivity contribution in [2.45, 2.75) is 32.6 Å². The molecule has 1 heterocycles. The number of halogens is 1. The molecule has 0 bridgehead atoms. The summed E-state index contributed by atoms with van der Waals surface area (Å²) in [6, 6.07) is 5.41. The molecule has 0 spiro atoms. The highest BCUT2D eigenvalue weighted by Gasteiger charge is 2.30. The molecule has 2 N–H and O–H groups in total. The van der Waals surface area contributed by atoms with E-state index in [1.54, 1.807) is 13.2 Å². The number of nitrogen functional groups attached to an aromatic ring is 1. The van der Waals surface area contributed by atoms with Gasteiger partial charge in [-0.2, -0.15) is 0 Å². The lowest BCUT2D eigenvalue weighted by atomic mass is 9.83. The third-order valence-corrected chi connectivity index (χ3v) is 3.88. The molecule has 0 radical (unpaired) electrons. The van der Waals surface area contributed by atoms with E-state index in [2.05, 4.69) is 25.9 Å². The largest absolute Gasteiger partial charge is 0.496 e. The van der Waals surface area contributed by atoms with Gasteiger partial charge in [-0.1, -0.05) is 37.5 Å². The van der Waals surface area contributed by atoms with Gasteiger partial charge in [0, 0.05) is 16.0 Å². The molecular weight excluding hydrogens is 276 g/mol. The minimum Gasteiger partial charge on any atom is -0.496 e. The number of benzene rings is 1. The maximum atomic E-state index is 6.10. The van der Waals surface area contributed by atoms with E-state index < -0.39 is 0 Å². The van der Waals surface area contributed by atoms with Crippen LogP contribution >= 0.6 is 11.6 Å². The Morgan fingerprint density at radius 3 is 2.70 bits per heavy atom. The molecule has 5 heteroatoms. The van der Waals surface area contributed by atoms with Gasteiger partial charge < -0.3 is 15.0 Å². The summed E-state index contributed by atoms with van der Waals surface area (Å²) in [5.74, 6) is 1.79. The zero-order valence-electron chi connectivity index (χ0n) is 12.2. The molecule has 20 heavy (non-hydrogen) atoms. The topological polar surface area (TPSA) is 61.3 Å². The number of nitrogens with zero attached hydrogens (tertiary/aromatic N) is 1. The third kappa shape index (κ3) is 2.48. The molecule has 0 fully saturated rings. The Morgan fingerprint density at radius 1 is 1.40 bits per heavy atom. The highest BCUT2D eigenvalue weighted by atomic mass is 35.5. The second kappa shape index (κ2) is 5.37. The summed E-state index contributed by atoms with van der Waals surface area (Å²) >= 11 is 6.10. The Kier molecular flexibility index (Phi) is 3.95. The maximum absolute atomic E-state index is 6.10. The summed E-state index contributed by atoms with van der Waals surface area (Å²) in [4.78, 5) is 0. The predicted molar refractivity (Wildman–Crippen MR) is 81.2 cm³/mol. The zero-order valence-corrected chi connectivity index (χ0v) is 12.9. The number of hydrogen-bond donors (Lipinski definition) is 1. The molecule has 2 aromatic rings. The van der Waals surface area contributed by atoms with E-state index in [0.29, 0.717) is 16.6 Å². The third-order valence-electron chi connectivity index (χ3n) is 3.65. The first-order chi connectivity index (χ1) is 9.40. The molecule has 2 rings (SSSR count). The lowest BCUT2D eigenvalue weighted by Gasteiger charge is -2.21. The van der Waals surface area contributed by atoms with Crippen LogP contribution in [-0.4, -0.2) is 12.3 Å². The fraction of sp³-hybridized carbons (Fsp3) is 0.400. The van der Waals surface area contributed by atoms with Crippen LogP contribution in [0.2, 0.25) is 5.02 Å². The van der Waals surface area contributed by atoms with Crippen molar-refractivity contribution >= 4 is 17.4 Å². The van der Waals surface area contributed by atoms with Crippen LogP contribution in [0.4, 0.5) is 5.82 Å². The second-order valence-electron chi connectivity index (χ2n) is 5.35. The van der Waals surface area contributed by atoms with Gasteiger partial charge in [0.1, 0.15) is 5.75 Å². The van der Waals surface area contributed by atoms with Crippen molar-refractivity contribution in [3.63, 3.8) is 0 Å². The van der Waals surface area contributed by atoms with Crippen molar-refractivity contribution in [2.75, 3.05) is 12.8 Å². The van der Waals surface area contributed by atoms with Crippen LogP contribution in [0.25, 0.3) is 11.1 Å². The van der Waals surface area contributed by atoms with Crippen LogP contribution in [0, 0.1) is 0 Å². The molecular formula is C15H19ClN2O2.